The Morgan fingerprint density at radius 2 is 0.333 bits per heavy atom. The van der Waals surface area contributed by atoms with Gasteiger partial charge in [-0.15, -0.1) is 48.3 Å². The van der Waals surface area contributed by atoms with Gasteiger partial charge in [-0.05, 0) is 0 Å². The van der Waals surface area contributed by atoms with Crippen LogP contribution >= 0.6 is 0 Å². The molecular weight excluding hydrogens is 440 g/mol. The minimum atomic E-state index is 0. The van der Waals surface area contributed by atoms with Gasteiger partial charge in [0.2, 0.25) is 0 Å². The standard InChI is InChI=1S/4C6H14N.Li.Y/c4*1-5(2)7-6(3)4;;/h4*5-6H,1-4H3;;/q4*-1;+1;+3. The maximum absolute atomic E-state index is 4.28. The molecule has 0 aromatic rings. The summed E-state index contributed by atoms with van der Waals surface area (Å²) in [7, 11) is 0. The molecule has 0 amide bonds. The zero-order valence-corrected chi connectivity index (χ0v) is 26.8. The van der Waals surface area contributed by atoms with E-state index in [0.717, 1.165) is 0 Å². The second-order valence-corrected chi connectivity index (χ2v) is 9.35. The van der Waals surface area contributed by atoms with Crippen LogP contribution < -0.4 is 18.9 Å². The summed E-state index contributed by atoms with van der Waals surface area (Å²) in [6, 6.07) is 4.00. The maximum Gasteiger partial charge on any atom is 3.00 e. The molecule has 0 heterocycles. The number of rotatable bonds is 8. The molecule has 0 saturated carbocycles. The Kier molecular flexibility index (Phi) is 45.9. The van der Waals surface area contributed by atoms with Crippen LogP contribution in [-0.2, 0) is 32.7 Å². The molecule has 0 radical (unpaired) electrons. The average molecular weight is 497 g/mol. The van der Waals surface area contributed by atoms with Crippen molar-refractivity contribution in [3.63, 3.8) is 0 Å². The van der Waals surface area contributed by atoms with E-state index < -0.39 is 0 Å². The van der Waals surface area contributed by atoms with Gasteiger partial charge < -0.3 is 21.3 Å². The molecule has 0 aliphatic rings. The van der Waals surface area contributed by atoms with Crippen LogP contribution in [0.2, 0.25) is 0 Å². The van der Waals surface area contributed by atoms with Gasteiger partial charge in [0, 0.05) is 0 Å². The van der Waals surface area contributed by atoms with Crippen molar-refractivity contribution < 1.29 is 51.6 Å². The number of hydrogen-bond acceptors (Lipinski definition) is 0. The monoisotopic (exact) mass is 496 g/mol. The van der Waals surface area contributed by atoms with E-state index in [1.54, 1.807) is 0 Å². The largest absolute Gasteiger partial charge is 3.00 e. The van der Waals surface area contributed by atoms with Crippen molar-refractivity contribution in [1.82, 2.24) is 0 Å². The van der Waals surface area contributed by atoms with Crippen molar-refractivity contribution >= 4 is 0 Å². The van der Waals surface area contributed by atoms with Crippen LogP contribution in [0.3, 0.4) is 0 Å². The summed E-state index contributed by atoms with van der Waals surface area (Å²) >= 11 is 0. The Morgan fingerprint density at radius 1 is 0.267 bits per heavy atom. The topological polar surface area (TPSA) is 56.4 Å². The smallest absolute Gasteiger partial charge is 0.658 e. The SMILES string of the molecule is CC(C)[N-]C(C)C.CC(C)[N-]C(C)C.CC(C)[N-]C(C)C.CC(C)[N-]C(C)C.[Li+].[Y+3]. The van der Waals surface area contributed by atoms with E-state index in [4.69, 9.17) is 0 Å². The maximum atomic E-state index is 4.28. The molecule has 0 saturated heterocycles. The fourth-order valence-electron chi connectivity index (χ4n) is 2.39. The summed E-state index contributed by atoms with van der Waals surface area (Å²) in [5.41, 5.74) is 0. The Labute approximate surface area is 230 Å². The molecule has 0 atom stereocenters. The summed E-state index contributed by atoms with van der Waals surface area (Å²) in [6.45, 7) is 33.6. The molecule has 6 heteroatoms. The van der Waals surface area contributed by atoms with E-state index in [1.165, 1.54) is 0 Å². The molecule has 0 N–H and O–H groups in total. The number of nitrogens with zero attached hydrogens (tertiary/aromatic N) is 4. The summed E-state index contributed by atoms with van der Waals surface area (Å²) in [5.74, 6) is 0. The third-order valence-corrected chi connectivity index (χ3v) is 2.39. The molecule has 0 rings (SSSR count). The van der Waals surface area contributed by atoms with Gasteiger partial charge in [-0.2, -0.15) is 0 Å². The van der Waals surface area contributed by atoms with E-state index in [1.807, 2.05) is 0 Å². The van der Waals surface area contributed by atoms with Crippen molar-refractivity contribution in [2.75, 3.05) is 0 Å². The molecular formula is C24H56LiN4Y. The molecule has 0 unspecified atom stereocenters. The molecule has 0 aromatic carbocycles. The number of hydrogen-bond donors (Lipinski definition) is 0. The molecule has 30 heavy (non-hydrogen) atoms. The quantitative estimate of drug-likeness (QED) is 0.387. The first-order valence-corrected chi connectivity index (χ1v) is 11.3. The molecule has 0 bridgehead atoms. The molecule has 176 valence electrons. The van der Waals surface area contributed by atoms with E-state index in [2.05, 4.69) is 132 Å². The second kappa shape index (κ2) is 30.5. The van der Waals surface area contributed by atoms with Crippen molar-refractivity contribution in [2.45, 2.75) is 159 Å². The predicted molar refractivity (Wildman–Crippen MR) is 135 cm³/mol. The Hall–Kier alpha value is 1.54. The second-order valence-electron chi connectivity index (χ2n) is 9.35. The molecule has 0 aliphatic carbocycles. The molecule has 0 aliphatic heterocycles. The van der Waals surface area contributed by atoms with Crippen molar-refractivity contribution in [1.29, 1.82) is 0 Å². The van der Waals surface area contributed by atoms with Gasteiger partial charge in [0.15, 0.2) is 0 Å². The molecule has 0 aromatic heterocycles. The Morgan fingerprint density at radius 3 is 0.333 bits per heavy atom. The Bertz CT molecular complexity index is 202. The summed E-state index contributed by atoms with van der Waals surface area (Å²) < 4.78 is 0. The van der Waals surface area contributed by atoms with Crippen molar-refractivity contribution in [2.24, 2.45) is 0 Å². The van der Waals surface area contributed by atoms with Crippen LogP contribution in [0.15, 0.2) is 0 Å². The summed E-state index contributed by atoms with van der Waals surface area (Å²) in [4.78, 5) is 0. The van der Waals surface area contributed by atoms with Gasteiger partial charge in [0.1, 0.15) is 0 Å². The zero-order valence-electron chi connectivity index (χ0n) is 24.0. The van der Waals surface area contributed by atoms with Crippen LogP contribution in [-0.4, -0.2) is 48.3 Å². The van der Waals surface area contributed by atoms with Gasteiger partial charge >= 0.3 is 51.6 Å². The predicted octanol–water partition coefficient (Wildman–Crippen LogP) is 5.71. The van der Waals surface area contributed by atoms with E-state index in [-0.39, 0.29) is 51.6 Å². The van der Waals surface area contributed by atoms with Crippen LogP contribution in [0, 0.1) is 0 Å². The molecule has 0 fully saturated rings. The molecule has 0 spiro atoms. The van der Waals surface area contributed by atoms with Gasteiger partial charge in [0.05, 0.1) is 0 Å². The van der Waals surface area contributed by atoms with E-state index in [0.29, 0.717) is 48.3 Å². The first kappa shape index (κ1) is 45.1. The summed E-state index contributed by atoms with van der Waals surface area (Å²) in [5, 5.41) is 17.1. The van der Waals surface area contributed by atoms with Gasteiger partial charge in [-0.3, -0.25) is 0 Å². The molecule has 4 nitrogen and oxygen atoms in total. The van der Waals surface area contributed by atoms with Gasteiger partial charge in [-0.1, -0.05) is 111 Å². The fraction of sp³-hybridized carbons (Fsp3) is 1.00. The minimum absolute atomic E-state index is 0. The summed E-state index contributed by atoms with van der Waals surface area (Å²) in [6.07, 6.45) is 0. The van der Waals surface area contributed by atoms with E-state index in [9.17, 15) is 0 Å². The van der Waals surface area contributed by atoms with Crippen molar-refractivity contribution in [3.8, 4) is 0 Å². The minimum Gasteiger partial charge on any atom is -0.658 e. The first-order valence-electron chi connectivity index (χ1n) is 11.3. The third-order valence-electron chi connectivity index (χ3n) is 2.39. The first-order chi connectivity index (χ1) is 12.5. The van der Waals surface area contributed by atoms with Crippen LogP contribution in [0.5, 0.6) is 0 Å². The van der Waals surface area contributed by atoms with Gasteiger partial charge in [0.25, 0.3) is 0 Å². The average Bonchev–Trinajstić information content (AvgIpc) is 2.32. The van der Waals surface area contributed by atoms with Crippen LogP contribution in [0.1, 0.15) is 111 Å². The van der Waals surface area contributed by atoms with Crippen LogP contribution in [0.4, 0.5) is 0 Å². The Balaban J connectivity index is -0.0000000626. The van der Waals surface area contributed by atoms with Crippen molar-refractivity contribution in [3.05, 3.63) is 21.3 Å². The van der Waals surface area contributed by atoms with Gasteiger partial charge in [-0.25, -0.2) is 0 Å². The zero-order chi connectivity index (χ0) is 23.4. The third kappa shape index (κ3) is 78.2. The normalized spacial score (nSPS) is 10.4. The van der Waals surface area contributed by atoms with E-state index >= 15 is 0 Å². The fourth-order valence-corrected chi connectivity index (χ4v) is 2.39. The van der Waals surface area contributed by atoms with Crippen LogP contribution in [0.25, 0.3) is 21.3 Å².